The topological polar surface area (TPSA) is 126 Å². The van der Waals surface area contributed by atoms with Gasteiger partial charge in [0.15, 0.2) is 0 Å². The molecule has 2 aliphatic rings. The number of ether oxygens (including phenoxy) is 1. The molecule has 1 aliphatic carbocycles. The number of aryl methyl sites for hydroxylation is 1. The van der Waals surface area contributed by atoms with Crippen molar-refractivity contribution in [3.05, 3.63) is 46.0 Å². The number of nitrogens with one attached hydrogen (secondary N) is 2. The molecule has 1 aromatic carbocycles. The van der Waals surface area contributed by atoms with Gasteiger partial charge in [-0.15, -0.1) is 0 Å². The molecule has 2 N–H and O–H groups in total. The molecule has 2 heterocycles. The van der Waals surface area contributed by atoms with Gasteiger partial charge in [-0.2, -0.15) is 5.26 Å². The van der Waals surface area contributed by atoms with E-state index in [4.69, 9.17) is 4.74 Å². The highest BCUT2D eigenvalue weighted by molar-refractivity contribution is 5.97. The van der Waals surface area contributed by atoms with Crippen molar-refractivity contribution in [1.82, 2.24) is 14.9 Å². The van der Waals surface area contributed by atoms with Crippen LogP contribution in [0.4, 0.5) is 5.69 Å². The maximum atomic E-state index is 12.8. The van der Waals surface area contributed by atoms with Gasteiger partial charge in [-0.05, 0) is 44.9 Å². The number of aromatic nitrogens is 2. The second-order valence-electron chi connectivity index (χ2n) is 8.35. The van der Waals surface area contributed by atoms with Crippen LogP contribution in [0.15, 0.2) is 29.1 Å². The van der Waals surface area contributed by atoms with E-state index in [0.29, 0.717) is 41.5 Å². The van der Waals surface area contributed by atoms with Crippen molar-refractivity contribution in [2.75, 3.05) is 18.5 Å². The highest BCUT2D eigenvalue weighted by atomic mass is 16.5. The van der Waals surface area contributed by atoms with Crippen molar-refractivity contribution < 1.29 is 14.3 Å². The minimum absolute atomic E-state index is 0.0114. The van der Waals surface area contributed by atoms with Crippen LogP contribution in [-0.4, -0.2) is 40.1 Å². The normalized spacial score (nSPS) is 16.7. The average molecular weight is 421 g/mol. The van der Waals surface area contributed by atoms with Crippen LogP contribution in [-0.2, 0) is 20.9 Å². The Morgan fingerprint density at radius 2 is 2.06 bits per heavy atom. The Morgan fingerprint density at radius 3 is 2.65 bits per heavy atom. The predicted molar refractivity (Wildman–Crippen MR) is 112 cm³/mol. The summed E-state index contributed by atoms with van der Waals surface area (Å²) in [5.74, 6) is -0.0351. The summed E-state index contributed by atoms with van der Waals surface area (Å²) in [5, 5.41) is 14.9. The molecular formula is C22H23N5O4. The maximum Gasteiger partial charge on any atom is 0.254 e. The lowest BCUT2D eigenvalue weighted by atomic mass is 10.0. The third-order valence-electron chi connectivity index (χ3n) is 5.41. The van der Waals surface area contributed by atoms with Crippen LogP contribution in [0.3, 0.4) is 0 Å². The minimum atomic E-state index is -0.404. The molecule has 0 spiro atoms. The molecule has 2 aromatic rings. The predicted octanol–water partition coefficient (Wildman–Crippen LogP) is 1.34. The summed E-state index contributed by atoms with van der Waals surface area (Å²) < 4.78 is 6.43. The number of benzene rings is 1. The van der Waals surface area contributed by atoms with Gasteiger partial charge in [-0.25, -0.2) is 4.98 Å². The number of amides is 2. The Kier molecular flexibility index (Phi) is 5.33. The molecule has 0 atom stereocenters. The highest BCUT2D eigenvalue weighted by Gasteiger charge is 2.35. The summed E-state index contributed by atoms with van der Waals surface area (Å²) in [4.78, 5) is 41.9. The lowest BCUT2D eigenvalue weighted by Gasteiger charge is -2.38. The minimum Gasteiger partial charge on any atom is -0.376 e. The van der Waals surface area contributed by atoms with Crippen LogP contribution in [0.25, 0.3) is 11.3 Å². The van der Waals surface area contributed by atoms with Crippen LogP contribution in [0.1, 0.15) is 31.2 Å². The van der Waals surface area contributed by atoms with E-state index in [-0.39, 0.29) is 29.8 Å². The van der Waals surface area contributed by atoms with E-state index < -0.39 is 5.54 Å². The third kappa shape index (κ3) is 4.49. The van der Waals surface area contributed by atoms with E-state index in [9.17, 15) is 19.6 Å². The van der Waals surface area contributed by atoms with E-state index in [0.717, 1.165) is 12.8 Å². The van der Waals surface area contributed by atoms with Gasteiger partial charge in [0.1, 0.15) is 12.4 Å². The Bertz CT molecular complexity index is 1160. The van der Waals surface area contributed by atoms with E-state index >= 15 is 0 Å². The zero-order valence-electron chi connectivity index (χ0n) is 17.4. The number of hydrogen-bond acceptors (Lipinski definition) is 6. The van der Waals surface area contributed by atoms with Crippen molar-refractivity contribution in [2.24, 2.45) is 5.92 Å². The zero-order chi connectivity index (χ0) is 22.2. The van der Waals surface area contributed by atoms with Gasteiger partial charge in [-0.3, -0.25) is 19.0 Å². The van der Waals surface area contributed by atoms with Gasteiger partial charge in [-0.1, -0.05) is 0 Å². The first-order valence-corrected chi connectivity index (χ1v) is 10.1. The Labute approximate surface area is 179 Å². The molecule has 9 nitrogen and oxygen atoms in total. The summed E-state index contributed by atoms with van der Waals surface area (Å²) in [5.41, 5.74) is 0.967. The van der Waals surface area contributed by atoms with Crippen LogP contribution in [0, 0.1) is 24.2 Å². The summed E-state index contributed by atoms with van der Waals surface area (Å²) in [6, 6.07) is 8.24. The van der Waals surface area contributed by atoms with Crippen molar-refractivity contribution in [3.63, 3.8) is 0 Å². The highest BCUT2D eigenvalue weighted by Crippen LogP contribution is 2.33. The monoisotopic (exact) mass is 421 g/mol. The lowest BCUT2D eigenvalue weighted by molar-refractivity contribution is -0.131. The van der Waals surface area contributed by atoms with E-state index in [1.807, 2.05) is 6.92 Å². The number of rotatable bonds is 6. The summed E-state index contributed by atoms with van der Waals surface area (Å²) in [6.45, 7) is 4.27. The van der Waals surface area contributed by atoms with Crippen molar-refractivity contribution in [3.8, 4) is 17.3 Å². The first kappa shape index (κ1) is 20.8. The third-order valence-corrected chi connectivity index (χ3v) is 5.41. The quantitative estimate of drug-likeness (QED) is 0.725. The van der Waals surface area contributed by atoms with E-state index in [1.165, 1.54) is 10.6 Å². The number of nitrogens with zero attached hydrogens (tertiary/aromatic N) is 3. The number of hydrogen-bond donors (Lipinski definition) is 2. The van der Waals surface area contributed by atoms with Gasteiger partial charge < -0.3 is 15.4 Å². The van der Waals surface area contributed by atoms with Gasteiger partial charge in [0.25, 0.3) is 5.56 Å². The number of carbonyl (C=O) groups excluding carboxylic acids is 2. The van der Waals surface area contributed by atoms with Crippen LogP contribution in [0.5, 0.6) is 0 Å². The van der Waals surface area contributed by atoms with Crippen molar-refractivity contribution >= 4 is 17.5 Å². The molecular weight excluding hydrogens is 398 g/mol. The average Bonchev–Trinajstić information content (AvgIpc) is 3.54. The first-order valence-electron chi connectivity index (χ1n) is 10.1. The second-order valence-corrected chi connectivity index (χ2v) is 8.35. The SMILES string of the molecule is Cc1nc(-c2ccc(C#N)cc2NC(=O)C2CC2)cc(=O)n1CC(=O)NC1(C)COC1. The van der Waals surface area contributed by atoms with Gasteiger partial charge in [0, 0.05) is 17.5 Å². The van der Waals surface area contributed by atoms with E-state index in [1.54, 1.807) is 25.1 Å². The van der Waals surface area contributed by atoms with Gasteiger partial charge in [0.2, 0.25) is 11.8 Å². The molecule has 2 fully saturated rings. The largest absolute Gasteiger partial charge is 0.376 e. The molecule has 0 bridgehead atoms. The summed E-state index contributed by atoms with van der Waals surface area (Å²) in [6.07, 6.45) is 1.69. The van der Waals surface area contributed by atoms with Crippen molar-refractivity contribution in [2.45, 2.75) is 38.8 Å². The summed E-state index contributed by atoms with van der Waals surface area (Å²) >= 11 is 0. The van der Waals surface area contributed by atoms with Gasteiger partial charge in [0.05, 0.1) is 41.8 Å². The maximum absolute atomic E-state index is 12.8. The molecule has 9 heteroatoms. The first-order chi connectivity index (χ1) is 14.8. The molecule has 1 saturated heterocycles. The van der Waals surface area contributed by atoms with Gasteiger partial charge >= 0.3 is 0 Å². The Hall–Kier alpha value is -3.51. The lowest BCUT2D eigenvalue weighted by Crippen LogP contribution is -2.60. The molecule has 2 amide bonds. The molecule has 31 heavy (non-hydrogen) atoms. The molecule has 1 saturated carbocycles. The molecule has 4 rings (SSSR count). The van der Waals surface area contributed by atoms with Crippen LogP contribution < -0.4 is 16.2 Å². The number of anilines is 1. The second kappa shape index (κ2) is 7.96. The fourth-order valence-corrected chi connectivity index (χ4v) is 3.47. The standard InChI is InChI=1S/C22H23N5O4/c1-13-24-18(8-20(29)27(13)10-19(28)26-22(2)11-31-12-22)16-6-3-14(9-23)7-17(16)25-21(30)15-4-5-15/h3,6-8,15H,4-5,10-12H2,1-2H3,(H,25,30)(H,26,28). The zero-order valence-corrected chi connectivity index (χ0v) is 17.4. The molecule has 0 radical (unpaired) electrons. The van der Waals surface area contributed by atoms with E-state index in [2.05, 4.69) is 21.7 Å². The number of nitriles is 1. The molecule has 1 aromatic heterocycles. The molecule has 0 unspecified atom stereocenters. The fraction of sp³-hybridized carbons (Fsp3) is 0.409. The number of carbonyl (C=O) groups is 2. The molecule has 1 aliphatic heterocycles. The Balaban J connectivity index is 1.61. The molecule has 160 valence electrons. The van der Waals surface area contributed by atoms with Crippen LogP contribution in [0.2, 0.25) is 0 Å². The smallest absolute Gasteiger partial charge is 0.254 e. The summed E-state index contributed by atoms with van der Waals surface area (Å²) in [7, 11) is 0. The fourth-order valence-electron chi connectivity index (χ4n) is 3.47. The van der Waals surface area contributed by atoms with Crippen LogP contribution >= 0.6 is 0 Å². The Morgan fingerprint density at radius 1 is 1.32 bits per heavy atom. The van der Waals surface area contributed by atoms with Crippen molar-refractivity contribution in [1.29, 1.82) is 5.26 Å².